The molecule has 0 saturated heterocycles. The number of aromatic hydroxyl groups is 1. The lowest BCUT2D eigenvalue weighted by atomic mass is 10.2. The summed E-state index contributed by atoms with van der Waals surface area (Å²) in [4.78, 5) is 11.7. The first-order valence-electron chi connectivity index (χ1n) is 7.66. The Bertz CT molecular complexity index is 1140. The van der Waals surface area contributed by atoms with Gasteiger partial charge >= 0.3 is 0 Å². The molecule has 0 saturated carbocycles. The lowest BCUT2D eigenvalue weighted by molar-refractivity contribution is 0.478. The van der Waals surface area contributed by atoms with E-state index in [1.807, 2.05) is 0 Å². The molecule has 0 radical (unpaired) electrons. The zero-order valence-corrected chi connectivity index (χ0v) is 14.4. The summed E-state index contributed by atoms with van der Waals surface area (Å²) >= 11 is 5.81. The van der Waals surface area contributed by atoms with Crippen LogP contribution in [0.25, 0.3) is 33.8 Å². The van der Waals surface area contributed by atoms with Gasteiger partial charge in [-0.25, -0.2) is 9.97 Å². The number of nitrogen functional groups attached to an aromatic ring is 1. The molecular formula is C17H14ClN7O. The van der Waals surface area contributed by atoms with E-state index < -0.39 is 0 Å². The van der Waals surface area contributed by atoms with Crippen LogP contribution in [-0.4, -0.2) is 35.7 Å². The highest BCUT2D eigenvalue weighted by atomic mass is 35.5. The third-order valence-electron chi connectivity index (χ3n) is 4.04. The molecule has 0 aliphatic rings. The van der Waals surface area contributed by atoms with Crippen LogP contribution >= 0.6 is 11.6 Å². The summed E-state index contributed by atoms with van der Waals surface area (Å²) in [5.41, 5.74) is 8.98. The standard InChI is InChI=1S/C17H14ClN7O/c1-25-14(15(26)13(24-25)9-3-5-12(18)21-7-9)17-22-10-4-2-8(16(19)20)6-11(10)23-17/h2-7,26H,1H3,(H3,19,20)(H,22,23). The molecular weight excluding hydrogens is 354 g/mol. The number of nitrogens with one attached hydrogen (secondary N) is 2. The zero-order chi connectivity index (χ0) is 18.4. The van der Waals surface area contributed by atoms with Gasteiger partial charge in [-0.3, -0.25) is 10.1 Å². The number of benzene rings is 1. The van der Waals surface area contributed by atoms with Crippen molar-refractivity contribution in [3.8, 4) is 28.5 Å². The van der Waals surface area contributed by atoms with E-state index in [-0.39, 0.29) is 11.6 Å². The van der Waals surface area contributed by atoms with E-state index in [9.17, 15) is 5.11 Å². The molecule has 4 aromatic rings. The van der Waals surface area contributed by atoms with Gasteiger partial charge in [0.15, 0.2) is 11.6 Å². The number of aromatic nitrogens is 5. The number of aromatic amines is 1. The second kappa shape index (κ2) is 5.85. The van der Waals surface area contributed by atoms with Crippen LogP contribution in [-0.2, 0) is 7.05 Å². The number of fused-ring (bicyclic) bond motifs is 1. The maximum absolute atomic E-state index is 10.7. The average molecular weight is 368 g/mol. The van der Waals surface area contributed by atoms with Gasteiger partial charge in [-0.05, 0) is 30.3 Å². The van der Waals surface area contributed by atoms with Gasteiger partial charge < -0.3 is 15.8 Å². The van der Waals surface area contributed by atoms with Crippen LogP contribution in [0.1, 0.15) is 5.56 Å². The van der Waals surface area contributed by atoms with Crippen LogP contribution < -0.4 is 5.73 Å². The van der Waals surface area contributed by atoms with Crippen molar-refractivity contribution >= 4 is 28.5 Å². The number of nitrogens with two attached hydrogens (primary N) is 1. The van der Waals surface area contributed by atoms with Crippen LogP contribution in [0.4, 0.5) is 0 Å². The van der Waals surface area contributed by atoms with E-state index in [1.54, 1.807) is 48.3 Å². The molecule has 0 aliphatic heterocycles. The fraction of sp³-hybridized carbons (Fsp3) is 0.0588. The second-order valence-electron chi connectivity index (χ2n) is 5.77. The molecule has 4 rings (SSSR count). The van der Waals surface area contributed by atoms with Gasteiger partial charge in [0.1, 0.15) is 22.4 Å². The molecule has 26 heavy (non-hydrogen) atoms. The van der Waals surface area contributed by atoms with E-state index in [0.29, 0.717) is 39.0 Å². The molecule has 0 fully saturated rings. The summed E-state index contributed by atoms with van der Waals surface area (Å²) in [5.74, 6) is 0.418. The van der Waals surface area contributed by atoms with Crippen LogP contribution in [0.2, 0.25) is 5.15 Å². The zero-order valence-electron chi connectivity index (χ0n) is 13.7. The Balaban J connectivity index is 1.84. The van der Waals surface area contributed by atoms with Gasteiger partial charge in [0.25, 0.3) is 0 Å². The fourth-order valence-electron chi connectivity index (χ4n) is 2.77. The predicted molar refractivity (Wildman–Crippen MR) is 99.2 cm³/mol. The van der Waals surface area contributed by atoms with Crippen molar-refractivity contribution in [3.63, 3.8) is 0 Å². The Hall–Kier alpha value is -3.39. The number of nitrogens with zero attached hydrogens (tertiary/aromatic N) is 4. The van der Waals surface area contributed by atoms with Crippen LogP contribution in [0.5, 0.6) is 5.75 Å². The predicted octanol–water partition coefficient (Wildman–Crippen LogP) is 2.67. The molecule has 0 spiro atoms. The Morgan fingerprint density at radius 3 is 2.81 bits per heavy atom. The minimum atomic E-state index is -0.0302. The molecule has 5 N–H and O–H groups in total. The molecule has 8 nitrogen and oxygen atoms in total. The third-order valence-corrected chi connectivity index (χ3v) is 4.26. The highest BCUT2D eigenvalue weighted by Gasteiger charge is 2.21. The van der Waals surface area contributed by atoms with Crippen molar-refractivity contribution in [2.75, 3.05) is 0 Å². The summed E-state index contributed by atoms with van der Waals surface area (Å²) in [7, 11) is 1.72. The average Bonchev–Trinajstić information content (AvgIpc) is 3.15. The highest BCUT2D eigenvalue weighted by molar-refractivity contribution is 6.29. The minimum absolute atomic E-state index is 0.0116. The number of H-pyrrole nitrogens is 1. The van der Waals surface area contributed by atoms with Gasteiger partial charge in [-0.1, -0.05) is 11.6 Å². The molecule has 9 heteroatoms. The normalized spacial score (nSPS) is 11.2. The molecule has 3 heterocycles. The van der Waals surface area contributed by atoms with Crippen LogP contribution in [0.15, 0.2) is 36.5 Å². The van der Waals surface area contributed by atoms with Crippen molar-refractivity contribution in [2.24, 2.45) is 12.8 Å². The van der Waals surface area contributed by atoms with Crippen LogP contribution in [0, 0.1) is 5.41 Å². The Kier molecular flexibility index (Phi) is 3.62. The first-order chi connectivity index (χ1) is 12.4. The summed E-state index contributed by atoms with van der Waals surface area (Å²) in [6.45, 7) is 0. The number of hydrogen-bond donors (Lipinski definition) is 4. The number of aryl methyl sites for hydroxylation is 1. The molecule has 0 amide bonds. The number of pyridine rings is 1. The maximum atomic E-state index is 10.7. The van der Waals surface area contributed by atoms with E-state index in [1.165, 1.54) is 0 Å². The Labute approximate surface area is 152 Å². The SMILES string of the molecule is Cn1nc(-c2ccc(Cl)nc2)c(O)c1-c1nc2cc(C(=N)N)ccc2[nH]1. The lowest BCUT2D eigenvalue weighted by Crippen LogP contribution is -2.10. The quantitative estimate of drug-likeness (QED) is 0.251. The van der Waals surface area contributed by atoms with E-state index in [4.69, 9.17) is 22.7 Å². The Morgan fingerprint density at radius 1 is 1.31 bits per heavy atom. The van der Waals surface area contributed by atoms with Crippen LogP contribution in [0.3, 0.4) is 0 Å². The topological polar surface area (TPSA) is 129 Å². The maximum Gasteiger partial charge on any atom is 0.173 e. The smallest absolute Gasteiger partial charge is 0.173 e. The van der Waals surface area contributed by atoms with E-state index in [0.717, 1.165) is 5.52 Å². The first-order valence-corrected chi connectivity index (χ1v) is 8.04. The van der Waals surface area contributed by atoms with E-state index in [2.05, 4.69) is 20.1 Å². The van der Waals surface area contributed by atoms with Gasteiger partial charge in [-0.2, -0.15) is 5.10 Å². The first kappa shape index (κ1) is 16.1. The molecule has 0 aliphatic carbocycles. The number of rotatable bonds is 3. The van der Waals surface area contributed by atoms with Gasteiger partial charge in [0.2, 0.25) is 0 Å². The van der Waals surface area contributed by atoms with Gasteiger partial charge in [0, 0.05) is 24.4 Å². The number of imidazole rings is 1. The molecule has 3 aromatic heterocycles. The Morgan fingerprint density at radius 2 is 2.12 bits per heavy atom. The fourth-order valence-corrected chi connectivity index (χ4v) is 2.89. The highest BCUT2D eigenvalue weighted by Crippen LogP contribution is 2.36. The van der Waals surface area contributed by atoms with Gasteiger partial charge in [-0.15, -0.1) is 0 Å². The van der Waals surface area contributed by atoms with Crippen molar-refractivity contribution in [2.45, 2.75) is 0 Å². The molecule has 0 unspecified atom stereocenters. The molecule has 1 aromatic carbocycles. The number of halogens is 1. The molecule has 130 valence electrons. The summed E-state index contributed by atoms with van der Waals surface area (Å²) in [5, 5.41) is 23.0. The largest absolute Gasteiger partial charge is 0.504 e. The lowest BCUT2D eigenvalue weighted by Gasteiger charge is -1.98. The van der Waals surface area contributed by atoms with Crippen molar-refractivity contribution in [3.05, 3.63) is 47.2 Å². The van der Waals surface area contributed by atoms with E-state index >= 15 is 0 Å². The summed E-state index contributed by atoms with van der Waals surface area (Å²) in [6.07, 6.45) is 1.55. The third kappa shape index (κ3) is 2.56. The monoisotopic (exact) mass is 367 g/mol. The van der Waals surface area contributed by atoms with Crippen molar-refractivity contribution in [1.82, 2.24) is 24.7 Å². The van der Waals surface area contributed by atoms with Crippen molar-refractivity contribution in [1.29, 1.82) is 5.41 Å². The van der Waals surface area contributed by atoms with Crippen molar-refractivity contribution < 1.29 is 5.11 Å². The molecule has 0 bridgehead atoms. The number of amidine groups is 1. The number of hydrogen-bond acceptors (Lipinski definition) is 5. The van der Waals surface area contributed by atoms with Gasteiger partial charge in [0.05, 0.1) is 11.0 Å². The summed E-state index contributed by atoms with van der Waals surface area (Å²) in [6, 6.07) is 8.61. The second-order valence-corrected chi connectivity index (χ2v) is 6.16. The minimum Gasteiger partial charge on any atom is -0.504 e. The summed E-state index contributed by atoms with van der Waals surface area (Å²) < 4.78 is 1.54. The molecule has 0 atom stereocenters.